The van der Waals surface area contributed by atoms with E-state index in [1.807, 2.05) is 38.1 Å². The maximum absolute atomic E-state index is 12.2. The predicted molar refractivity (Wildman–Crippen MR) is 113 cm³/mol. The number of hydrogen-bond donors (Lipinski definition) is 2. The third-order valence-corrected chi connectivity index (χ3v) is 4.25. The summed E-state index contributed by atoms with van der Waals surface area (Å²) in [4.78, 5) is 12.2. The number of carbonyl (C=O) groups excluding carboxylic acids is 1. The van der Waals surface area contributed by atoms with Gasteiger partial charge in [-0.2, -0.15) is 5.26 Å². The molecule has 144 valence electrons. The molecule has 0 heterocycles. The van der Waals surface area contributed by atoms with Gasteiger partial charge in [0, 0.05) is 5.69 Å². The zero-order valence-electron chi connectivity index (χ0n) is 15.9. The topological polar surface area (TPSA) is 97.4 Å². The highest BCUT2D eigenvalue weighted by Gasteiger charge is 2.10. The van der Waals surface area contributed by atoms with Crippen molar-refractivity contribution in [1.29, 1.82) is 5.26 Å². The number of nitrogens with one attached hydrogen (secondary N) is 1. The first-order valence-corrected chi connectivity index (χ1v) is 8.84. The molecule has 2 aromatic carbocycles. The molecule has 0 saturated carbocycles. The summed E-state index contributed by atoms with van der Waals surface area (Å²) < 4.78 is 10.9. The number of hydrogen-bond acceptors (Lipinski definition) is 5. The lowest BCUT2D eigenvalue weighted by Gasteiger charge is -2.12. The Morgan fingerprint density at radius 2 is 1.96 bits per heavy atom. The molecule has 0 aromatic heterocycles. The van der Waals surface area contributed by atoms with Gasteiger partial charge in [-0.05, 0) is 60.9 Å². The van der Waals surface area contributed by atoms with E-state index in [-0.39, 0.29) is 23.1 Å². The summed E-state index contributed by atoms with van der Waals surface area (Å²) in [6.45, 7) is 3.82. The highest BCUT2D eigenvalue weighted by Crippen LogP contribution is 2.29. The zero-order valence-corrected chi connectivity index (χ0v) is 16.7. The third-order valence-electron chi connectivity index (χ3n) is 4.03. The zero-order chi connectivity index (χ0) is 20.7. The summed E-state index contributed by atoms with van der Waals surface area (Å²) in [5, 5.41) is 11.8. The molecule has 3 N–H and O–H groups in total. The van der Waals surface area contributed by atoms with Crippen LogP contribution in [-0.2, 0) is 4.79 Å². The van der Waals surface area contributed by atoms with Crippen molar-refractivity contribution < 1.29 is 14.3 Å². The molecule has 28 heavy (non-hydrogen) atoms. The number of aryl methyl sites for hydroxylation is 2. The quantitative estimate of drug-likeness (QED) is 0.423. The average molecular weight is 395 g/mol. The van der Waals surface area contributed by atoms with Gasteiger partial charge in [-0.15, -0.1) is 0 Å². The first-order chi connectivity index (χ1) is 13.3. The Labute approximate surface area is 169 Å². The molecule has 7 heteroatoms. The molecule has 0 fully saturated rings. The Balaban J connectivity index is 2.07. The van der Waals surface area contributed by atoms with Crippen LogP contribution in [0.25, 0.3) is 6.08 Å². The number of amides is 1. The van der Waals surface area contributed by atoms with E-state index in [1.54, 1.807) is 24.3 Å². The largest absolute Gasteiger partial charge is 0.493 e. The molecule has 0 aliphatic heterocycles. The summed E-state index contributed by atoms with van der Waals surface area (Å²) in [6.07, 6.45) is 1.56. The van der Waals surface area contributed by atoms with Gasteiger partial charge in [-0.3, -0.25) is 4.79 Å². The summed E-state index contributed by atoms with van der Waals surface area (Å²) in [7, 11) is 1.49. The highest BCUT2D eigenvalue weighted by molar-refractivity contribution is 7.80. The Hall–Kier alpha value is -3.37. The minimum atomic E-state index is -0.283. The molecular weight excluding hydrogens is 374 g/mol. The molecule has 2 rings (SSSR count). The highest BCUT2D eigenvalue weighted by atomic mass is 32.1. The van der Waals surface area contributed by atoms with Gasteiger partial charge < -0.3 is 20.5 Å². The van der Waals surface area contributed by atoms with E-state index in [1.165, 1.54) is 7.11 Å². The Morgan fingerprint density at radius 3 is 2.57 bits per heavy atom. The number of nitriles is 1. The molecule has 6 nitrogen and oxygen atoms in total. The number of nitrogens with zero attached hydrogens (tertiary/aromatic N) is 1. The van der Waals surface area contributed by atoms with E-state index in [4.69, 9.17) is 32.7 Å². The van der Waals surface area contributed by atoms with E-state index in [2.05, 4.69) is 5.32 Å². The van der Waals surface area contributed by atoms with Gasteiger partial charge in [0.1, 0.15) is 11.1 Å². The number of ether oxygens (including phenoxy) is 2. The number of carbonyl (C=O) groups is 1. The van der Waals surface area contributed by atoms with Gasteiger partial charge in [-0.1, -0.05) is 24.4 Å². The van der Waals surface area contributed by atoms with Crippen LogP contribution in [0, 0.1) is 25.2 Å². The Bertz CT molecular complexity index is 977. The van der Waals surface area contributed by atoms with E-state index >= 15 is 0 Å². The van der Waals surface area contributed by atoms with Crippen LogP contribution < -0.4 is 20.5 Å². The van der Waals surface area contributed by atoms with Crippen LogP contribution in [0.4, 0.5) is 5.69 Å². The summed E-state index contributed by atoms with van der Waals surface area (Å²) in [5.41, 5.74) is 9.33. The van der Waals surface area contributed by atoms with Crippen LogP contribution in [0.3, 0.4) is 0 Å². The minimum absolute atomic E-state index is 0.0183. The van der Waals surface area contributed by atoms with Crippen molar-refractivity contribution in [3.63, 3.8) is 0 Å². The average Bonchev–Trinajstić information content (AvgIpc) is 2.67. The van der Waals surface area contributed by atoms with Gasteiger partial charge in [-0.25, -0.2) is 0 Å². The van der Waals surface area contributed by atoms with Crippen LogP contribution in [0.15, 0.2) is 42.0 Å². The van der Waals surface area contributed by atoms with Crippen molar-refractivity contribution >= 4 is 34.9 Å². The summed E-state index contributed by atoms with van der Waals surface area (Å²) in [5.74, 6) is 0.547. The lowest BCUT2D eigenvalue weighted by molar-refractivity contribution is -0.118. The van der Waals surface area contributed by atoms with E-state index in [0.717, 1.165) is 11.1 Å². The number of nitrogens with two attached hydrogens (primary N) is 1. The Kier molecular flexibility index (Phi) is 7.13. The molecule has 0 aliphatic carbocycles. The fourth-order valence-electron chi connectivity index (χ4n) is 2.38. The number of anilines is 1. The van der Waals surface area contributed by atoms with Gasteiger partial charge in [0.15, 0.2) is 18.1 Å². The van der Waals surface area contributed by atoms with Crippen LogP contribution in [0.2, 0.25) is 0 Å². The predicted octanol–water partition coefficient (Wildman–Crippen LogP) is 3.52. The number of thiocarbonyl (C=S) groups is 1. The molecule has 2 aromatic rings. The first-order valence-electron chi connectivity index (χ1n) is 8.43. The second kappa shape index (κ2) is 9.53. The maximum atomic E-state index is 12.2. The molecular formula is C21H21N3O3S. The fourth-order valence-corrected chi connectivity index (χ4v) is 2.48. The second-order valence-electron chi connectivity index (χ2n) is 6.08. The molecule has 0 unspecified atom stereocenters. The molecule has 0 aliphatic rings. The van der Waals surface area contributed by atoms with Gasteiger partial charge in [0.25, 0.3) is 5.91 Å². The number of rotatable bonds is 7. The second-order valence-corrected chi connectivity index (χ2v) is 6.52. The molecule has 0 radical (unpaired) electrons. The molecule has 0 spiro atoms. The lowest BCUT2D eigenvalue weighted by Crippen LogP contribution is -2.20. The van der Waals surface area contributed by atoms with Crippen molar-refractivity contribution in [2.45, 2.75) is 13.8 Å². The summed E-state index contributed by atoms with van der Waals surface area (Å²) in [6, 6.07) is 12.7. The summed E-state index contributed by atoms with van der Waals surface area (Å²) >= 11 is 4.83. The van der Waals surface area contributed by atoms with Crippen molar-refractivity contribution in [3.05, 3.63) is 58.7 Å². The molecule has 1 amide bonds. The third kappa shape index (κ3) is 5.56. The standard InChI is InChI=1S/C21H21N3O3S/c1-13-4-6-17(8-14(13)2)24-20(25)12-27-18-7-5-15(10-19(18)26-3)9-16(11-22)21(23)28/h4-10H,12H2,1-3H3,(H2,23,28)(H,24,25)/b16-9+. The number of methoxy groups -OCH3 is 1. The van der Waals surface area contributed by atoms with Gasteiger partial charge in [0.2, 0.25) is 0 Å². The van der Waals surface area contributed by atoms with Crippen LogP contribution in [0.1, 0.15) is 16.7 Å². The van der Waals surface area contributed by atoms with E-state index < -0.39 is 0 Å². The molecule has 0 atom stereocenters. The van der Waals surface area contributed by atoms with Crippen LogP contribution in [0.5, 0.6) is 11.5 Å². The van der Waals surface area contributed by atoms with E-state index in [9.17, 15) is 4.79 Å². The Morgan fingerprint density at radius 1 is 1.21 bits per heavy atom. The molecule has 0 saturated heterocycles. The van der Waals surface area contributed by atoms with Crippen LogP contribution >= 0.6 is 12.2 Å². The SMILES string of the molecule is COc1cc(/C=C(\C#N)C(N)=S)ccc1OCC(=O)Nc1ccc(C)c(C)c1. The smallest absolute Gasteiger partial charge is 0.262 e. The van der Waals surface area contributed by atoms with Crippen molar-refractivity contribution in [3.8, 4) is 17.6 Å². The minimum Gasteiger partial charge on any atom is -0.493 e. The number of benzene rings is 2. The monoisotopic (exact) mass is 395 g/mol. The van der Waals surface area contributed by atoms with Crippen LogP contribution in [-0.4, -0.2) is 24.6 Å². The van der Waals surface area contributed by atoms with Crippen molar-refractivity contribution in [1.82, 2.24) is 0 Å². The van der Waals surface area contributed by atoms with Gasteiger partial charge in [0.05, 0.1) is 12.7 Å². The molecule has 0 bridgehead atoms. The normalized spacial score (nSPS) is 10.7. The fraction of sp³-hybridized carbons (Fsp3) is 0.190. The van der Waals surface area contributed by atoms with Gasteiger partial charge >= 0.3 is 0 Å². The first kappa shape index (κ1) is 20.9. The lowest BCUT2D eigenvalue weighted by atomic mass is 10.1. The maximum Gasteiger partial charge on any atom is 0.262 e. The van der Waals surface area contributed by atoms with E-state index in [0.29, 0.717) is 22.7 Å². The van der Waals surface area contributed by atoms with Crippen molar-refractivity contribution in [2.24, 2.45) is 5.73 Å². The van der Waals surface area contributed by atoms with Crippen molar-refractivity contribution in [2.75, 3.05) is 19.0 Å².